The molecule has 0 amide bonds. The molecule has 1 aromatic heterocycles. The van der Waals surface area contributed by atoms with E-state index in [4.69, 9.17) is 0 Å². The van der Waals surface area contributed by atoms with Crippen molar-refractivity contribution in [1.29, 1.82) is 0 Å². The first-order chi connectivity index (χ1) is 13.5. The van der Waals surface area contributed by atoms with Crippen molar-refractivity contribution in [2.24, 2.45) is 0 Å². The number of hydrogen-bond donors (Lipinski definition) is 1. The molecule has 0 bridgehead atoms. The van der Waals surface area contributed by atoms with Crippen LogP contribution in [0.25, 0.3) is 11.0 Å². The third-order valence-electron chi connectivity index (χ3n) is 5.42. The second-order valence-electron chi connectivity index (χ2n) is 7.36. The Balaban J connectivity index is 1.59. The van der Waals surface area contributed by atoms with Crippen LogP contribution in [0.15, 0.2) is 47.4 Å². The summed E-state index contributed by atoms with van der Waals surface area (Å²) in [6.45, 7) is 0.714. The molecule has 1 aliphatic rings. The maximum Gasteiger partial charge on any atom is 0.264 e. The largest absolute Gasteiger partial charge is 0.299 e. The van der Waals surface area contributed by atoms with Crippen molar-refractivity contribution in [2.75, 3.05) is 11.8 Å². The van der Waals surface area contributed by atoms with Gasteiger partial charge in [-0.25, -0.2) is 8.42 Å². The van der Waals surface area contributed by atoms with Gasteiger partial charge in [0.15, 0.2) is 0 Å². The molecule has 0 spiro atoms. The Kier molecular flexibility index (Phi) is 5.61. The molecule has 0 aliphatic heterocycles. The highest BCUT2D eigenvalue weighted by atomic mass is 32.2. The standard InChI is InChI=1S/C20H24N4O2S2/c1-24(16-9-3-2-4-10-16)14-15-8-5-6-11-17(15)23-28(25,26)19-13-7-12-18-20(19)22-27-21-18/h5-8,11-13,16,23H,2-4,9-10,14H2,1H3. The highest BCUT2D eigenvalue weighted by molar-refractivity contribution is 7.93. The molecule has 1 heterocycles. The van der Waals surface area contributed by atoms with Gasteiger partial charge in [-0.2, -0.15) is 8.75 Å². The Morgan fingerprint density at radius 1 is 1.07 bits per heavy atom. The van der Waals surface area contributed by atoms with Gasteiger partial charge in [-0.15, -0.1) is 0 Å². The molecular weight excluding hydrogens is 392 g/mol. The lowest BCUT2D eigenvalue weighted by Crippen LogP contribution is -2.33. The molecule has 8 heteroatoms. The number of para-hydroxylation sites is 1. The van der Waals surface area contributed by atoms with Crippen LogP contribution >= 0.6 is 11.7 Å². The first kappa shape index (κ1) is 19.3. The van der Waals surface area contributed by atoms with E-state index in [1.165, 1.54) is 32.1 Å². The molecule has 28 heavy (non-hydrogen) atoms. The van der Waals surface area contributed by atoms with E-state index in [0.29, 0.717) is 29.3 Å². The average Bonchev–Trinajstić information content (AvgIpc) is 3.18. The van der Waals surface area contributed by atoms with Gasteiger partial charge < -0.3 is 0 Å². The second-order valence-corrected chi connectivity index (χ2v) is 9.54. The summed E-state index contributed by atoms with van der Waals surface area (Å²) in [6.07, 6.45) is 6.29. The minimum Gasteiger partial charge on any atom is -0.299 e. The van der Waals surface area contributed by atoms with Gasteiger partial charge in [-0.05, 0) is 43.7 Å². The zero-order chi connectivity index (χ0) is 19.6. The molecule has 6 nitrogen and oxygen atoms in total. The van der Waals surface area contributed by atoms with Crippen LogP contribution < -0.4 is 4.72 Å². The van der Waals surface area contributed by atoms with E-state index >= 15 is 0 Å². The predicted molar refractivity (Wildman–Crippen MR) is 113 cm³/mol. The van der Waals surface area contributed by atoms with Crippen LogP contribution in [0.3, 0.4) is 0 Å². The van der Waals surface area contributed by atoms with Crippen LogP contribution in [0.1, 0.15) is 37.7 Å². The highest BCUT2D eigenvalue weighted by Gasteiger charge is 2.22. The molecule has 1 saturated carbocycles. The van der Waals surface area contributed by atoms with Crippen molar-refractivity contribution in [3.63, 3.8) is 0 Å². The molecule has 1 N–H and O–H groups in total. The average molecular weight is 417 g/mol. The lowest BCUT2D eigenvalue weighted by Gasteiger charge is -2.31. The summed E-state index contributed by atoms with van der Waals surface area (Å²) in [6, 6.07) is 13.2. The first-order valence-electron chi connectivity index (χ1n) is 9.57. The molecule has 0 atom stereocenters. The Hall–Kier alpha value is -2.03. The van der Waals surface area contributed by atoms with Crippen molar-refractivity contribution < 1.29 is 8.42 Å². The van der Waals surface area contributed by atoms with Gasteiger partial charge in [0, 0.05) is 12.6 Å². The summed E-state index contributed by atoms with van der Waals surface area (Å²) in [4.78, 5) is 2.51. The monoisotopic (exact) mass is 416 g/mol. The van der Waals surface area contributed by atoms with Crippen LogP contribution in [-0.4, -0.2) is 35.2 Å². The van der Waals surface area contributed by atoms with E-state index in [-0.39, 0.29) is 4.90 Å². The first-order valence-corrected chi connectivity index (χ1v) is 11.8. The van der Waals surface area contributed by atoms with Gasteiger partial charge in [0.05, 0.1) is 17.4 Å². The second kappa shape index (κ2) is 8.14. The van der Waals surface area contributed by atoms with Gasteiger partial charge >= 0.3 is 0 Å². The van der Waals surface area contributed by atoms with Crippen LogP contribution in [-0.2, 0) is 16.6 Å². The molecule has 0 radical (unpaired) electrons. The quantitative estimate of drug-likeness (QED) is 0.650. The van der Waals surface area contributed by atoms with E-state index in [2.05, 4.69) is 25.4 Å². The summed E-state index contributed by atoms with van der Waals surface area (Å²) in [7, 11) is -1.63. The van der Waals surface area contributed by atoms with Crippen molar-refractivity contribution in [3.8, 4) is 0 Å². The Labute approximate surface area is 170 Å². The van der Waals surface area contributed by atoms with Crippen LogP contribution in [0.5, 0.6) is 0 Å². The van der Waals surface area contributed by atoms with Gasteiger partial charge in [0.2, 0.25) is 0 Å². The van der Waals surface area contributed by atoms with Crippen molar-refractivity contribution in [1.82, 2.24) is 13.6 Å². The summed E-state index contributed by atoms with van der Waals surface area (Å²) in [5.74, 6) is 0. The minimum absolute atomic E-state index is 0.161. The number of fused-ring (bicyclic) bond motifs is 1. The third kappa shape index (κ3) is 4.04. The molecule has 0 saturated heterocycles. The number of anilines is 1. The number of benzene rings is 2. The van der Waals surface area contributed by atoms with E-state index in [9.17, 15) is 8.42 Å². The fourth-order valence-electron chi connectivity index (χ4n) is 3.88. The molecule has 148 valence electrons. The van der Waals surface area contributed by atoms with Gasteiger partial charge in [-0.1, -0.05) is 43.5 Å². The Bertz CT molecular complexity index is 1060. The zero-order valence-electron chi connectivity index (χ0n) is 15.8. The summed E-state index contributed by atoms with van der Waals surface area (Å²) < 4.78 is 37.2. The van der Waals surface area contributed by atoms with Crippen LogP contribution in [0.2, 0.25) is 0 Å². The fourth-order valence-corrected chi connectivity index (χ4v) is 5.74. The smallest absolute Gasteiger partial charge is 0.264 e. The number of hydrogen-bond acceptors (Lipinski definition) is 6. The van der Waals surface area contributed by atoms with Gasteiger partial charge in [0.25, 0.3) is 10.0 Å². The highest BCUT2D eigenvalue weighted by Crippen LogP contribution is 2.27. The summed E-state index contributed by atoms with van der Waals surface area (Å²) in [5.41, 5.74) is 2.60. The van der Waals surface area contributed by atoms with E-state index in [1.54, 1.807) is 18.2 Å². The minimum atomic E-state index is -3.76. The third-order valence-corrected chi connectivity index (χ3v) is 7.36. The van der Waals surface area contributed by atoms with Crippen molar-refractivity contribution >= 4 is 38.5 Å². The van der Waals surface area contributed by atoms with E-state index < -0.39 is 10.0 Å². The molecule has 4 rings (SSSR count). The Morgan fingerprint density at radius 2 is 1.86 bits per heavy atom. The van der Waals surface area contributed by atoms with E-state index in [0.717, 1.165) is 17.3 Å². The summed E-state index contributed by atoms with van der Waals surface area (Å²) in [5, 5.41) is 0. The van der Waals surface area contributed by atoms with Crippen molar-refractivity contribution in [2.45, 2.75) is 49.6 Å². The molecule has 2 aromatic carbocycles. The molecule has 1 fully saturated rings. The maximum absolute atomic E-state index is 13.1. The SMILES string of the molecule is CN(Cc1ccccc1NS(=O)(=O)c1cccc2nsnc12)C1CCCCC1. The number of rotatable bonds is 6. The molecule has 3 aromatic rings. The number of nitrogens with one attached hydrogen (secondary N) is 1. The van der Waals surface area contributed by atoms with E-state index in [1.807, 2.05) is 24.3 Å². The predicted octanol–water partition coefficient (Wildman–Crippen LogP) is 4.26. The van der Waals surface area contributed by atoms with Gasteiger partial charge in [0.1, 0.15) is 15.9 Å². The molecular formula is C20H24N4O2S2. The fraction of sp³-hybridized carbons (Fsp3) is 0.400. The zero-order valence-corrected chi connectivity index (χ0v) is 17.5. The lowest BCUT2D eigenvalue weighted by atomic mass is 9.94. The number of aromatic nitrogens is 2. The van der Waals surface area contributed by atoms with Gasteiger partial charge in [-0.3, -0.25) is 9.62 Å². The number of nitrogens with zero attached hydrogens (tertiary/aromatic N) is 3. The molecule has 0 unspecified atom stereocenters. The maximum atomic E-state index is 13.1. The van der Waals surface area contributed by atoms with Crippen molar-refractivity contribution in [3.05, 3.63) is 48.0 Å². The lowest BCUT2D eigenvalue weighted by molar-refractivity contribution is 0.185. The summed E-state index contributed by atoms with van der Waals surface area (Å²) >= 11 is 1.02. The molecule has 1 aliphatic carbocycles. The number of sulfonamides is 1. The van der Waals surface area contributed by atoms with Crippen LogP contribution in [0, 0.1) is 0 Å². The van der Waals surface area contributed by atoms with Crippen LogP contribution in [0.4, 0.5) is 5.69 Å². The normalized spacial score (nSPS) is 15.9. The Morgan fingerprint density at radius 3 is 2.68 bits per heavy atom. The topological polar surface area (TPSA) is 75.2 Å².